The lowest BCUT2D eigenvalue weighted by Gasteiger charge is -2.15. The molecular formula is C15H17ClN2O2S. The number of carbonyl (C=O) groups excluding carboxylic acids is 1. The summed E-state index contributed by atoms with van der Waals surface area (Å²) in [5, 5.41) is 6.18. The number of anilines is 1. The van der Waals surface area contributed by atoms with Crippen LogP contribution in [0.5, 0.6) is 0 Å². The fraction of sp³-hybridized carbons (Fsp3) is 0.267. The molecule has 6 heteroatoms. The van der Waals surface area contributed by atoms with Crippen LogP contribution in [-0.2, 0) is 4.74 Å². The minimum Gasteiger partial charge on any atom is -0.374 e. The summed E-state index contributed by atoms with van der Waals surface area (Å²) in [4.78, 5) is 14.2. The van der Waals surface area contributed by atoms with Gasteiger partial charge in [0, 0.05) is 27.6 Å². The number of methoxy groups -OCH3 is 1. The summed E-state index contributed by atoms with van der Waals surface area (Å²) in [6, 6.07) is 10.7. The number of amides is 2. The van der Waals surface area contributed by atoms with Gasteiger partial charge >= 0.3 is 6.03 Å². The number of benzene rings is 1. The number of urea groups is 1. The maximum Gasteiger partial charge on any atom is 0.319 e. The van der Waals surface area contributed by atoms with E-state index >= 15 is 0 Å². The number of aryl methyl sites for hydroxylation is 1. The lowest BCUT2D eigenvalue weighted by atomic mass is 10.3. The number of hydrogen-bond acceptors (Lipinski definition) is 3. The largest absolute Gasteiger partial charge is 0.374 e. The second kappa shape index (κ2) is 7.45. The molecule has 0 saturated heterocycles. The maximum atomic E-state index is 11.8. The molecule has 0 bridgehead atoms. The molecule has 0 spiro atoms. The van der Waals surface area contributed by atoms with E-state index in [1.54, 1.807) is 42.7 Å². The molecule has 4 nitrogen and oxygen atoms in total. The highest BCUT2D eigenvalue weighted by Gasteiger charge is 2.13. The van der Waals surface area contributed by atoms with Gasteiger partial charge in [-0.2, -0.15) is 0 Å². The standard InChI is InChI=1S/C15H17ClN2O2S/c1-10-3-8-14(21-10)13(20-2)9-17-15(19)18-12-6-4-11(16)5-7-12/h3-8,13H,9H2,1-2H3,(H2,17,18,19). The Bertz CT molecular complexity index is 598. The third kappa shape index (κ3) is 4.74. The van der Waals surface area contributed by atoms with Gasteiger partial charge in [-0.05, 0) is 43.3 Å². The summed E-state index contributed by atoms with van der Waals surface area (Å²) in [5.74, 6) is 0. The topological polar surface area (TPSA) is 50.4 Å². The second-order valence-electron chi connectivity index (χ2n) is 4.51. The summed E-state index contributed by atoms with van der Waals surface area (Å²) in [7, 11) is 1.64. The lowest BCUT2D eigenvalue weighted by molar-refractivity contribution is 0.107. The van der Waals surface area contributed by atoms with E-state index in [9.17, 15) is 4.79 Å². The van der Waals surface area contributed by atoms with Crippen LogP contribution in [0.3, 0.4) is 0 Å². The molecule has 2 rings (SSSR count). The Labute approximate surface area is 133 Å². The van der Waals surface area contributed by atoms with Crippen molar-refractivity contribution in [2.75, 3.05) is 19.0 Å². The molecule has 1 unspecified atom stereocenters. The summed E-state index contributed by atoms with van der Waals surface area (Å²) in [6.07, 6.45) is -0.139. The highest BCUT2D eigenvalue weighted by molar-refractivity contribution is 7.12. The quantitative estimate of drug-likeness (QED) is 0.865. The third-order valence-corrected chi connectivity index (χ3v) is 4.26. The molecule has 0 saturated carbocycles. The molecule has 2 aromatic rings. The molecule has 112 valence electrons. The lowest BCUT2D eigenvalue weighted by Crippen LogP contribution is -2.32. The maximum absolute atomic E-state index is 11.8. The number of halogens is 1. The van der Waals surface area contributed by atoms with E-state index in [0.717, 1.165) is 4.88 Å². The van der Waals surface area contributed by atoms with Crippen molar-refractivity contribution in [3.05, 3.63) is 51.2 Å². The van der Waals surface area contributed by atoms with Gasteiger partial charge in [-0.25, -0.2) is 4.79 Å². The molecule has 0 fully saturated rings. The Kier molecular flexibility index (Phi) is 5.61. The van der Waals surface area contributed by atoms with Crippen molar-refractivity contribution < 1.29 is 9.53 Å². The van der Waals surface area contributed by atoms with Crippen molar-refractivity contribution in [1.82, 2.24) is 5.32 Å². The van der Waals surface area contributed by atoms with Gasteiger partial charge in [0.1, 0.15) is 6.10 Å². The Morgan fingerprint density at radius 1 is 1.29 bits per heavy atom. The fourth-order valence-corrected chi connectivity index (χ4v) is 2.90. The summed E-state index contributed by atoms with van der Waals surface area (Å²) < 4.78 is 5.42. The van der Waals surface area contributed by atoms with Gasteiger partial charge in [-0.15, -0.1) is 11.3 Å². The number of carbonyl (C=O) groups is 1. The van der Waals surface area contributed by atoms with E-state index in [1.807, 2.05) is 19.1 Å². The first-order valence-electron chi connectivity index (χ1n) is 6.48. The monoisotopic (exact) mass is 324 g/mol. The third-order valence-electron chi connectivity index (χ3n) is 2.91. The molecule has 1 heterocycles. The number of thiophene rings is 1. The van der Waals surface area contributed by atoms with Crippen molar-refractivity contribution in [1.29, 1.82) is 0 Å². The minimum atomic E-state index is -0.271. The van der Waals surface area contributed by atoms with Gasteiger partial charge in [0.15, 0.2) is 0 Å². The average molecular weight is 325 g/mol. The number of ether oxygens (including phenoxy) is 1. The van der Waals surface area contributed by atoms with E-state index in [0.29, 0.717) is 17.3 Å². The van der Waals surface area contributed by atoms with Crippen LogP contribution < -0.4 is 10.6 Å². The van der Waals surface area contributed by atoms with E-state index in [4.69, 9.17) is 16.3 Å². The van der Waals surface area contributed by atoms with Crippen molar-refractivity contribution in [3.8, 4) is 0 Å². The second-order valence-corrected chi connectivity index (χ2v) is 6.27. The van der Waals surface area contributed by atoms with Crippen molar-refractivity contribution in [2.45, 2.75) is 13.0 Å². The Balaban J connectivity index is 1.86. The van der Waals surface area contributed by atoms with Gasteiger partial charge < -0.3 is 15.4 Å². The fourth-order valence-electron chi connectivity index (χ4n) is 1.82. The average Bonchev–Trinajstić information content (AvgIpc) is 2.89. The molecule has 21 heavy (non-hydrogen) atoms. The highest BCUT2D eigenvalue weighted by atomic mass is 35.5. The van der Waals surface area contributed by atoms with Crippen molar-refractivity contribution >= 4 is 34.7 Å². The predicted octanol–water partition coefficient (Wildman–Crippen LogP) is 4.22. The molecule has 0 radical (unpaired) electrons. The van der Waals surface area contributed by atoms with Gasteiger partial charge in [0.05, 0.1) is 6.54 Å². The number of nitrogens with one attached hydrogen (secondary N) is 2. The van der Waals surface area contributed by atoms with Crippen LogP contribution in [-0.4, -0.2) is 19.7 Å². The zero-order chi connectivity index (χ0) is 15.2. The molecule has 1 atom stereocenters. The summed E-state index contributed by atoms with van der Waals surface area (Å²) in [6.45, 7) is 2.46. The molecule has 2 N–H and O–H groups in total. The minimum absolute atomic E-state index is 0.139. The van der Waals surface area contributed by atoms with Crippen LogP contribution >= 0.6 is 22.9 Å². The summed E-state index contributed by atoms with van der Waals surface area (Å²) >= 11 is 7.46. The first kappa shape index (κ1) is 15.8. The van der Waals surface area contributed by atoms with Crippen LogP contribution in [0.15, 0.2) is 36.4 Å². The molecule has 0 aliphatic heterocycles. The molecule has 1 aromatic carbocycles. The van der Waals surface area contributed by atoms with Crippen LogP contribution in [0.25, 0.3) is 0 Å². The molecular weight excluding hydrogens is 308 g/mol. The van der Waals surface area contributed by atoms with Crippen molar-refractivity contribution in [2.24, 2.45) is 0 Å². The van der Waals surface area contributed by atoms with Gasteiger partial charge in [0.25, 0.3) is 0 Å². The molecule has 2 amide bonds. The first-order valence-corrected chi connectivity index (χ1v) is 7.67. The van der Waals surface area contributed by atoms with E-state index < -0.39 is 0 Å². The van der Waals surface area contributed by atoms with Crippen LogP contribution in [0.4, 0.5) is 10.5 Å². The van der Waals surface area contributed by atoms with Crippen LogP contribution in [0.2, 0.25) is 5.02 Å². The molecule has 0 aliphatic carbocycles. The number of hydrogen-bond donors (Lipinski definition) is 2. The normalized spacial score (nSPS) is 12.0. The van der Waals surface area contributed by atoms with Crippen LogP contribution in [0.1, 0.15) is 15.9 Å². The SMILES string of the molecule is COC(CNC(=O)Nc1ccc(Cl)cc1)c1ccc(C)s1. The smallest absolute Gasteiger partial charge is 0.319 e. The highest BCUT2D eigenvalue weighted by Crippen LogP contribution is 2.24. The first-order chi connectivity index (χ1) is 10.1. The van der Waals surface area contributed by atoms with E-state index in [1.165, 1.54) is 4.88 Å². The van der Waals surface area contributed by atoms with E-state index in [2.05, 4.69) is 10.6 Å². The Morgan fingerprint density at radius 3 is 2.57 bits per heavy atom. The Morgan fingerprint density at radius 2 is 2.00 bits per heavy atom. The predicted molar refractivity (Wildman–Crippen MR) is 87.3 cm³/mol. The van der Waals surface area contributed by atoms with E-state index in [-0.39, 0.29) is 12.1 Å². The van der Waals surface area contributed by atoms with Crippen LogP contribution in [0, 0.1) is 6.92 Å². The zero-order valence-corrected chi connectivity index (χ0v) is 13.4. The van der Waals surface area contributed by atoms with Gasteiger partial charge in [-0.3, -0.25) is 0 Å². The number of rotatable bonds is 5. The van der Waals surface area contributed by atoms with Crippen molar-refractivity contribution in [3.63, 3.8) is 0 Å². The Hall–Kier alpha value is -1.56. The molecule has 1 aromatic heterocycles. The van der Waals surface area contributed by atoms with Gasteiger partial charge in [-0.1, -0.05) is 11.6 Å². The summed E-state index contributed by atoms with van der Waals surface area (Å²) in [5.41, 5.74) is 0.692. The van der Waals surface area contributed by atoms with Gasteiger partial charge in [0.2, 0.25) is 0 Å². The zero-order valence-electron chi connectivity index (χ0n) is 11.9. The molecule has 0 aliphatic rings.